The van der Waals surface area contributed by atoms with E-state index in [-0.39, 0.29) is 6.10 Å². The number of rotatable bonds is 1. The van der Waals surface area contributed by atoms with Crippen LogP contribution in [0, 0.1) is 0 Å². The highest BCUT2D eigenvalue weighted by molar-refractivity contribution is 6.57. The van der Waals surface area contributed by atoms with Crippen LogP contribution in [0.5, 0.6) is 0 Å². The van der Waals surface area contributed by atoms with Crippen molar-refractivity contribution >= 4 is 8.80 Å². The van der Waals surface area contributed by atoms with Crippen molar-refractivity contribution < 1.29 is 5.11 Å². The second-order valence-electron chi connectivity index (χ2n) is 3.76. The highest BCUT2D eigenvalue weighted by Gasteiger charge is 2.25. The molecule has 0 spiro atoms. The topological polar surface area (TPSA) is 20.2 Å². The summed E-state index contributed by atoms with van der Waals surface area (Å²) in [5.41, 5.74) is 0.716. The van der Waals surface area contributed by atoms with Gasteiger partial charge < -0.3 is 5.11 Å². The third-order valence-corrected chi connectivity index (χ3v) is 5.13. The third-order valence-electron chi connectivity index (χ3n) is 2.64. The molecule has 2 heteroatoms. The lowest BCUT2D eigenvalue weighted by molar-refractivity contribution is 0.129. The molecule has 0 amide bonds. The van der Waals surface area contributed by atoms with E-state index in [1.54, 1.807) is 0 Å². The Morgan fingerprint density at radius 2 is 1.80 bits per heavy atom. The molecule has 60 valence electrons. The van der Waals surface area contributed by atoms with Crippen molar-refractivity contribution in [2.24, 2.45) is 0 Å². The van der Waals surface area contributed by atoms with Gasteiger partial charge in [0, 0.05) is 8.80 Å². The van der Waals surface area contributed by atoms with E-state index < -0.39 is 8.80 Å². The maximum atomic E-state index is 9.57. The molecule has 0 aromatic rings. The zero-order valence-corrected chi connectivity index (χ0v) is 8.16. The largest absolute Gasteiger partial charge is 0.393 e. The first-order valence-corrected chi connectivity index (χ1v) is 7.37. The van der Waals surface area contributed by atoms with Gasteiger partial charge in [-0.25, -0.2) is 0 Å². The Morgan fingerprint density at radius 3 is 2.20 bits per heavy atom. The van der Waals surface area contributed by atoms with E-state index in [4.69, 9.17) is 0 Å². The van der Waals surface area contributed by atoms with Gasteiger partial charge in [0.1, 0.15) is 0 Å². The predicted octanol–water partition coefficient (Wildman–Crippen LogP) is 1.78. The Morgan fingerprint density at radius 1 is 1.20 bits per heavy atom. The van der Waals surface area contributed by atoms with Gasteiger partial charge in [-0.3, -0.25) is 0 Å². The Bertz CT molecular complexity index is 103. The highest BCUT2D eigenvalue weighted by Crippen LogP contribution is 2.31. The van der Waals surface area contributed by atoms with Gasteiger partial charge in [0.05, 0.1) is 6.10 Å². The molecule has 0 heterocycles. The molecule has 0 aliphatic heterocycles. The van der Waals surface area contributed by atoms with Gasteiger partial charge in [-0.15, -0.1) is 0 Å². The first-order chi connectivity index (χ1) is 4.72. The summed E-state index contributed by atoms with van der Waals surface area (Å²) in [5.74, 6) is 0. The molecular weight excluding hydrogens is 140 g/mol. The molecule has 1 rings (SSSR count). The molecular formula is C8H18OSi. The fraction of sp³-hybridized carbons (Fsp3) is 1.00. The van der Waals surface area contributed by atoms with E-state index in [9.17, 15) is 5.11 Å². The Labute approximate surface area is 65.1 Å². The molecule has 10 heavy (non-hydrogen) atoms. The van der Waals surface area contributed by atoms with Crippen LogP contribution in [0.2, 0.25) is 18.6 Å². The lowest BCUT2D eigenvalue weighted by Gasteiger charge is -2.29. The van der Waals surface area contributed by atoms with Gasteiger partial charge in [-0.1, -0.05) is 32.4 Å². The Hall–Kier alpha value is 0.177. The van der Waals surface area contributed by atoms with Crippen LogP contribution in [0.15, 0.2) is 0 Å². The minimum atomic E-state index is -0.560. The maximum Gasteiger partial charge on any atom is 0.0542 e. The molecule has 2 atom stereocenters. The first kappa shape index (κ1) is 8.28. The number of hydrogen-bond donors (Lipinski definition) is 1. The van der Waals surface area contributed by atoms with Crippen molar-refractivity contribution in [1.29, 1.82) is 0 Å². The lowest BCUT2D eigenvalue weighted by atomic mass is 9.97. The predicted molar refractivity (Wildman–Crippen MR) is 47.1 cm³/mol. The molecule has 0 saturated heterocycles. The van der Waals surface area contributed by atoms with Crippen LogP contribution in [0.4, 0.5) is 0 Å². The van der Waals surface area contributed by atoms with E-state index in [0.717, 1.165) is 6.42 Å². The van der Waals surface area contributed by atoms with Crippen molar-refractivity contribution in [2.75, 3.05) is 0 Å². The fourth-order valence-electron chi connectivity index (χ4n) is 1.92. The van der Waals surface area contributed by atoms with Gasteiger partial charge >= 0.3 is 0 Å². The molecule has 0 aromatic carbocycles. The summed E-state index contributed by atoms with van der Waals surface area (Å²) >= 11 is 0. The van der Waals surface area contributed by atoms with E-state index in [1.165, 1.54) is 19.3 Å². The molecule has 1 fully saturated rings. The molecule has 0 bridgehead atoms. The van der Waals surface area contributed by atoms with Gasteiger partial charge in [0.25, 0.3) is 0 Å². The Balaban J connectivity index is 2.40. The van der Waals surface area contributed by atoms with Crippen LogP contribution in [-0.2, 0) is 0 Å². The average Bonchev–Trinajstić information content (AvgIpc) is 1.88. The molecule has 0 radical (unpaired) electrons. The fourth-order valence-corrected chi connectivity index (χ4v) is 3.90. The monoisotopic (exact) mass is 158 g/mol. The Kier molecular flexibility index (Phi) is 2.92. The van der Waals surface area contributed by atoms with E-state index >= 15 is 0 Å². The van der Waals surface area contributed by atoms with Crippen molar-refractivity contribution in [3.63, 3.8) is 0 Å². The van der Waals surface area contributed by atoms with Crippen LogP contribution in [-0.4, -0.2) is 20.0 Å². The van der Waals surface area contributed by atoms with Crippen molar-refractivity contribution in [1.82, 2.24) is 0 Å². The summed E-state index contributed by atoms with van der Waals surface area (Å²) < 4.78 is 0. The molecule has 1 nitrogen and oxygen atoms in total. The van der Waals surface area contributed by atoms with Crippen LogP contribution < -0.4 is 0 Å². The van der Waals surface area contributed by atoms with Gasteiger partial charge in [-0.2, -0.15) is 0 Å². The number of aliphatic hydroxyl groups is 1. The van der Waals surface area contributed by atoms with Crippen LogP contribution in [0.1, 0.15) is 25.7 Å². The summed E-state index contributed by atoms with van der Waals surface area (Å²) in [4.78, 5) is 0. The van der Waals surface area contributed by atoms with Gasteiger partial charge in [0.2, 0.25) is 0 Å². The highest BCUT2D eigenvalue weighted by atomic mass is 28.3. The van der Waals surface area contributed by atoms with E-state index in [0.29, 0.717) is 5.54 Å². The summed E-state index contributed by atoms with van der Waals surface area (Å²) in [6.07, 6.45) is 5.02. The number of hydrogen-bond acceptors (Lipinski definition) is 1. The smallest absolute Gasteiger partial charge is 0.0542 e. The minimum Gasteiger partial charge on any atom is -0.393 e. The maximum absolute atomic E-state index is 9.57. The second kappa shape index (κ2) is 3.53. The lowest BCUT2D eigenvalue weighted by Crippen LogP contribution is -2.28. The average molecular weight is 158 g/mol. The summed E-state index contributed by atoms with van der Waals surface area (Å²) in [7, 11) is -0.560. The minimum absolute atomic E-state index is 0.0559. The molecule has 0 aromatic heterocycles. The quantitative estimate of drug-likeness (QED) is 0.577. The zero-order valence-electron chi connectivity index (χ0n) is 7.01. The van der Waals surface area contributed by atoms with Crippen LogP contribution in [0.3, 0.4) is 0 Å². The third kappa shape index (κ3) is 1.83. The van der Waals surface area contributed by atoms with Gasteiger partial charge in [-0.05, 0) is 12.0 Å². The molecule has 1 N–H and O–H groups in total. The number of aliphatic hydroxyl groups excluding tert-OH is 1. The van der Waals surface area contributed by atoms with Crippen LogP contribution >= 0.6 is 0 Å². The van der Waals surface area contributed by atoms with Gasteiger partial charge in [0.15, 0.2) is 0 Å². The second-order valence-corrected chi connectivity index (χ2v) is 7.10. The zero-order chi connectivity index (χ0) is 7.56. The molecule has 1 aliphatic carbocycles. The normalized spacial score (nSPS) is 34.8. The molecule has 1 saturated carbocycles. The van der Waals surface area contributed by atoms with E-state index in [2.05, 4.69) is 13.1 Å². The van der Waals surface area contributed by atoms with E-state index in [1.807, 2.05) is 0 Å². The summed E-state index contributed by atoms with van der Waals surface area (Å²) in [6.45, 7) is 4.69. The SMILES string of the molecule is C[SiH](C)C1CCCCC1O. The summed E-state index contributed by atoms with van der Waals surface area (Å²) in [5, 5.41) is 9.57. The van der Waals surface area contributed by atoms with Crippen molar-refractivity contribution in [2.45, 2.75) is 50.4 Å². The first-order valence-electron chi connectivity index (χ1n) is 4.40. The van der Waals surface area contributed by atoms with Crippen LogP contribution in [0.25, 0.3) is 0 Å². The molecule has 2 unspecified atom stereocenters. The van der Waals surface area contributed by atoms with Crippen molar-refractivity contribution in [3.05, 3.63) is 0 Å². The standard InChI is InChI=1S/C8H18OSi/c1-10(2)8-6-4-3-5-7(8)9/h7-10H,3-6H2,1-2H3. The summed E-state index contributed by atoms with van der Waals surface area (Å²) in [6, 6.07) is 0. The van der Waals surface area contributed by atoms with Crippen molar-refractivity contribution in [3.8, 4) is 0 Å². The molecule has 1 aliphatic rings.